The fourth-order valence-electron chi connectivity index (χ4n) is 3.11. The summed E-state index contributed by atoms with van der Waals surface area (Å²) in [6.45, 7) is 3.92. The van der Waals surface area contributed by atoms with Crippen LogP contribution in [0.25, 0.3) is 11.3 Å². The fourth-order valence-corrected chi connectivity index (χ4v) is 3.11. The van der Waals surface area contributed by atoms with Gasteiger partial charge in [0, 0.05) is 25.6 Å². The van der Waals surface area contributed by atoms with Gasteiger partial charge in [-0.1, -0.05) is 19.9 Å². The van der Waals surface area contributed by atoms with Crippen LogP contribution < -0.4 is 10.6 Å². The summed E-state index contributed by atoms with van der Waals surface area (Å²) in [7, 11) is 3.43. The number of nitrogens with zero attached hydrogens (tertiary/aromatic N) is 4. The van der Waals surface area contributed by atoms with E-state index in [1.54, 1.807) is 43.5 Å². The maximum absolute atomic E-state index is 12.6. The molecule has 158 valence electrons. The lowest BCUT2D eigenvalue weighted by molar-refractivity contribution is -0.130. The molecule has 0 saturated heterocycles. The minimum Gasteiger partial charge on any atom is -0.373 e. The normalized spacial score (nSPS) is 15.2. The molecule has 0 spiro atoms. The lowest BCUT2D eigenvalue weighted by atomic mass is 10.0. The van der Waals surface area contributed by atoms with Gasteiger partial charge < -0.3 is 20.6 Å². The molecular weight excluding hydrogens is 380 g/mol. The van der Waals surface area contributed by atoms with Crippen LogP contribution in [0.2, 0.25) is 0 Å². The van der Waals surface area contributed by atoms with E-state index in [-0.39, 0.29) is 17.7 Å². The molecule has 2 unspecified atom stereocenters. The number of likely N-dealkylation sites (N-methyl/N-ethyl adjacent to an activating group) is 1. The van der Waals surface area contributed by atoms with Gasteiger partial charge >= 0.3 is 0 Å². The Balaban J connectivity index is 1.83. The number of hydrogen-bond acceptors (Lipinski definition) is 7. The van der Waals surface area contributed by atoms with Crippen LogP contribution in [0, 0.1) is 23.2 Å². The fraction of sp³-hybridized carbons (Fsp3) is 0.455. The zero-order valence-electron chi connectivity index (χ0n) is 17.8. The number of anilines is 2. The van der Waals surface area contributed by atoms with Gasteiger partial charge in [0.1, 0.15) is 24.2 Å². The minimum absolute atomic E-state index is 0.0399. The zero-order valence-corrected chi connectivity index (χ0v) is 17.8. The van der Waals surface area contributed by atoms with Crippen LogP contribution in [0.1, 0.15) is 32.3 Å². The van der Waals surface area contributed by atoms with Crippen molar-refractivity contribution in [1.82, 2.24) is 14.9 Å². The molecule has 1 aliphatic rings. The Kier molecular flexibility index (Phi) is 6.53. The van der Waals surface area contributed by atoms with Crippen molar-refractivity contribution in [3.63, 3.8) is 0 Å². The molecule has 1 fully saturated rings. The second kappa shape index (κ2) is 9.09. The van der Waals surface area contributed by atoms with Gasteiger partial charge in [-0.05, 0) is 30.9 Å². The standard InChI is InChI=1S/C22H28N6O2/c1-13(2)20(22(30)28(3)4)26-17-9-15(7-8-16(17)10-23)18-11-25-19(12-24-18)27-21(29)14-5-6-14/h7-9,11-14,20-21,26,29H,5-6H2,1-4H3,(H,25,27). The highest BCUT2D eigenvalue weighted by atomic mass is 16.3. The maximum atomic E-state index is 12.6. The van der Waals surface area contributed by atoms with E-state index >= 15 is 0 Å². The lowest BCUT2D eigenvalue weighted by Gasteiger charge is -2.26. The van der Waals surface area contributed by atoms with E-state index in [9.17, 15) is 15.2 Å². The van der Waals surface area contributed by atoms with Crippen molar-refractivity contribution in [2.75, 3.05) is 24.7 Å². The number of carbonyl (C=O) groups excluding carboxylic acids is 1. The van der Waals surface area contributed by atoms with Crippen LogP contribution in [0.3, 0.4) is 0 Å². The quantitative estimate of drug-likeness (QED) is 0.575. The number of amides is 1. The molecule has 1 amide bonds. The highest BCUT2D eigenvalue weighted by Gasteiger charge is 2.30. The number of aliphatic hydroxyl groups is 1. The largest absolute Gasteiger partial charge is 0.373 e. The first-order valence-electron chi connectivity index (χ1n) is 10.1. The maximum Gasteiger partial charge on any atom is 0.244 e. The Morgan fingerprint density at radius 2 is 1.97 bits per heavy atom. The molecule has 2 atom stereocenters. The Bertz CT molecular complexity index is 932. The van der Waals surface area contributed by atoms with E-state index in [4.69, 9.17) is 0 Å². The van der Waals surface area contributed by atoms with E-state index in [0.717, 1.165) is 18.4 Å². The molecule has 1 saturated carbocycles. The van der Waals surface area contributed by atoms with E-state index in [1.165, 1.54) is 0 Å². The number of carbonyl (C=O) groups is 1. The molecule has 3 N–H and O–H groups in total. The van der Waals surface area contributed by atoms with Gasteiger partial charge in [-0.3, -0.25) is 9.78 Å². The average molecular weight is 409 g/mol. The molecule has 0 bridgehead atoms. The Hall–Kier alpha value is -3.18. The van der Waals surface area contributed by atoms with Gasteiger partial charge in [-0.25, -0.2) is 4.98 Å². The third-order valence-electron chi connectivity index (χ3n) is 5.14. The summed E-state index contributed by atoms with van der Waals surface area (Å²) in [5.74, 6) is 0.792. The van der Waals surface area contributed by atoms with Crippen molar-refractivity contribution in [3.05, 3.63) is 36.2 Å². The Morgan fingerprint density at radius 3 is 2.50 bits per heavy atom. The molecule has 8 heteroatoms. The summed E-state index contributed by atoms with van der Waals surface area (Å²) in [6, 6.07) is 7.04. The van der Waals surface area contributed by atoms with Crippen LogP contribution in [0.15, 0.2) is 30.6 Å². The third kappa shape index (κ3) is 5.05. The van der Waals surface area contributed by atoms with Crippen LogP contribution in [0.5, 0.6) is 0 Å². The lowest BCUT2D eigenvalue weighted by Crippen LogP contribution is -2.42. The van der Waals surface area contributed by atoms with Crippen molar-refractivity contribution in [1.29, 1.82) is 5.26 Å². The van der Waals surface area contributed by atoms with Crippen LogP contribution >= 0.6 is 0 Å². The van der Waals surface area contributed by atoms with Crippen LogP contribution in [0.4, 0.5) is 11.5 Å². The molecule has 0 radical (unpaired) electrons. The molecule has 1 heterocycles. The second-order valence-corrected chi connectivity index (χ2v) is 8.18. The summed E-state index contributed by atoms with van der Waals surface area (Å²) >= 11 is 0. The second-order valence-electron chi connectivity index (χ2n) is 8.18. The van der Waals surface area contributed by atoms with Crippen molar-refractivity contribution in [2.45, 2.75) is 39.0 Å². The van der Waals surface area contributed by atoms with Gasteiger partial charge in [-0.15, -0.1) is 0 Å². The highest BCUT2D eigenvalue weighted by Crippen LogP contribution is 2.33. The van der Waals surface area contributed by atoms with Crippen molar-refractivity contribution >= 4 is 17.4 Å². The van der Waals surface area contributed by atoms with Gasteiger partial charge in [-0.2, -0.15) is 5.26 Å². The first-order valence-corrected chi connectivity index (χ1v) is 10.1. The summed E-state index contributed by atoms with van der Waals surface area (Å²) in [5, 5.41) is 25.7. The molecule has 30 heavy (non-hydrogen) atoms. The van der Waals surface area contributed by atoms with Crippen LogP contribution in [-0.4, -0.2) is 52.2 Å². The number of nitriles is 1. The molecule has 1 aliphatic carbocycles. The van der Waals surface area contributed by atoms with E-state index in [2.05, 4.69) is 26.7 Å². The molecule has 8 nitrogen and oxygen atoms in total. The minimum atomic E-state index is -0.599. The monoisotopic (exact) mass is 408 g/mol. The van der Waals surface area contributed by atoms with Crippen molar-refractivity contribution < 1.29 is 9.90 Å². The first-order chi connectivity index (χ1) is 14.3. The van der Waals surface area contributed by atoms with Gasteiger partial charge in [0.15, 0.2) is 0 Å². The highest BCUT2D eigenvalue weighted by molar-refractivity contribution is 5.85. The van der Waals surface area contributed by atoms with Crippen molar-refractivity contribution in [2.24, 2.45) is 11.8 Å². The predicted octanol–water partition coefficient (Wildman–Crippen LogP) is 2.68. The number of rotatable bonds is 8. The van der Waals surface area contributed by atoms with Crippen molar-refractivity contribution in [3.8, 4) is 17.3 Å². The summed E-state index contributed by atoms with van der Waals surface area (Å²) in [4.78, 5) is 22.9. The molecule has 1 aromatic carbocycles. The smallest absolute Gasteiger partial charge is 0.244 e. The van der Waals surface area contributed by atoms with E-state index < -0.39 is 12.3 Å². The SMILES string of the molecule is CC(C)C(Nc1cc(-c2cnc(NC(O)C3CC3)cn2)ccc1C#N)C(=O)N(C)C. The molecule has 0 aliphatic heterocycles. The Morgan fingerprint density at radius 1 is 1.23 bits per heavy atom. The summed E-state index contributed by atoms with van der Waals surface area (Å²) < 4.78 is 0. The zero-order chi connectivity index (χ0) is 21.8. The first kappa shape index (κ1) is 21.5. The summed E-state index contributed by atoms with van der Waals surface area (Å²) in [6.07, 6.45) is 4.65. The number of hydrogen-bond donors (Lipinski definition) is 3. The predicted molar refractivity (Wildman–Crippen MR) is 115 cm³/mol. The summed E-state index contributed by atoms with van der Waals surface area (Å²) in [5.41, 5.74) is 2.44. The van der Waals surface area contributed by atoms with E-state index in [0.29, 0.717) is 22.8 Å². The number of aliphatic hydroxyl groups excluding tert-OH is 1. The topological polar surface area (TPSA) is 114 Å². The van der Waals surface area contributed by atoms with Gasteiger partial charge in [0.05, 0.1) is 29.3 Å². The van der Waals surface area contributed by atoms with E-state index in [1.807, 2.05) is 19.9 Å². The van der Waals surface area contributed by atoms with Gasteiger partial charge in [0.2, 0.25) is 5.91 Å². The molecular formula is C22H28N6O2. The number of aromatic nitrogens is 2. The average Bonchev–Trinajstić information content (AvgIpc) is 3.57. The van der Waals surface area contributed by atoms with Gasteiger partial charge in [0.25, 0.3) is 0 Å². The molecule has 2 aromatic rings. The number of nitrogens with one attached hydrogen (secondary N) is 2. The number of benzene rings is 1. The molecule has 3 rings (SSSR count). The Labute approximate surface area is 177 Å². The third-order valence-corrected chi connectivity index (χ3v) is 5.14. The van der Waals surface area contributed by atoms with Crippen LogP contribution in [-0.2, 0) is 4.79 Å². The molecule has 1 aromatic heterocycles.